The van der Waals surface area contributed by atoms with E-state index in [-0.39, 0.29) is 0 Å². The fourth-order valence-electron chi connectivity index (χ4n) is 3.32. The zero-order valence-electron chi connectivity index (χ0n) is 14.8. The third-order valence-electron chi connectivity index (χ3n) is 4.83. The van der Waals surface area contributed by atoms with Crippen LogP contribution in [0.2, 0.25) is 0 Å². The third-order valence-corrected chi connectivity index (χ3v) is 7.22. The van der Waals surface area contributed by atoms with E-state index in [9.17, 15) is 8.42 Å². The molecule has 0 spiro atoms. The lowest BCUT2D eigenvalue weighted by molar-refractivity contribution is 0.335. The molecule has 138 valence electrons. The van der Waals surface area contributed by atoms with Gasteiger partial charge in [-0.2, -0.15) is 4.31 Å². The average molecular weight is 443 g/mol. The number of nitrogens with zero attached hydrogens (tertiary/aromatic N) is 1. The van der Waals surface area contributed by atoms with Gasteiger partial charge in [0, 0.05) is 11.0 Å². The zero-order valence-corrected chi connectivity index (χ0v) is 17.2. The Labute approximate surface area is 168 Å². The highest BCUT2D eigenvalue weighted by atomic mass is 79.9. The van der Waals surface area contributed by atoms with Crippen molar-refractivity contribution in [1.82, 2.24) is 4.31 Å². The Morgan fingerprint density at radius 3 is 2.37 bits per heavy atom. The number of benzene rings is 3. The van der Waals surface area contributed by atoms with Crippen molar-refractivity contribution in [2.24, 2.45) is 0 Å². The van der Waals surface area contributed by atoms with E-state index < -0.39 is 16.2 Å². The number of sulfonamides is 1. The van der Waals surface area contributed by atoms with Gasteiger partial charge in [-0.05, 0) is 47.9 Å². The normalized spacial score (nSPS) is 18.5. The first-order chi connectivity index (χ1) is 13.0. The summed E-state index contributed by atoms with van der Waals surface area (Å²) < 4.78 is 29.4. The summed E-state index contributed by atoms with van der Waals surface area (Å²) in [5.41, 5.74) is 3.58. The van der Waals surface area contributed by atoms with Gasteiger partial charge in [-0.25, -0.2) is 8.42 Å². The van der Waals surface area contributed by atoms with Crippen molar-refractivity contribution in [2.45, 2.75) is 24.5 Å². The number of hydrogen-bond acceptors (Lipinski definition) is 3. The van der Waals surface area contributed by atoms with Crippen LogP contribution < -0.4 is 5.32 Å². The highest BCUT2D eigenvalue weighted by Crippen LogP contribution is 2.39. The fourth-order valence-corrected chi connectivity index (χ4v) is 5.25. The summed E-state index contributed by atoms with van der Waals surface area (Å²) in [6.07, 6.45) is -0.474. The van der Waals surface area contributed by atoms with Crippen molar-refractivity contribution < 1.29 is 8.42 Å². The Morgan fingerprint density at radius 2 is 1.63 bits per heavy atom. The molecule has 0 radical (unpaired) electrons. The monoisotopic (exact) mass is 442 g/mol. The molecular weight excluding hydrogens is 424 g/mol. The van der Waals surface area contributed by atoms with Crippen LogP contribution in [0.4, 0.5) is 5.69 Å². The van der Waals surface area contributed by atoms with Gasteiger partial charge in [0.05, 0.1) is 5.69 Å². The molecule has 6 heteroatoms. The van der Waals surface area contributed by atoms with Gasteiger partial charge in [-0.3, -0.25) is 0 Å². The van der Waals surface area contributed by atoms with Gasteiger partial charge in [0.1, 0.15) is 11.1 Å². The first-order valence-corrected chi connectivity index (χ1v) is 10.9. The van der Waals surface area contributed by atoms with Crippen molar-refractivity contribution in [3.8, 4) is 0 Å². The van der Waals surface area contributed by atoms with Gasteiger partial charge < -0.3 is 5.32 Å². The fraction of sp³-hybridized carbons (Fsp3) is 0.143. The lowest BCUT2D eigenvalue weighted by Crippen LogP contribution is -2.42. The standard InChI is InChI=1S/C21H19BrN2O2S/c1-15-6-2-3-7-17(15)14-24-21(16-10-12-18(22)13-11-16)23-19-8-4-5-9-20(19)27(24,25)26/h2-13,21,23H,14H2,1H3/t21-/m1/s1. The molecule has 1 atom stereocenters. The van der Waals surface area contributed by atoms with Crippen molar-refractivity contribution >= 4 is 31.6 Å². The lowest BCUT2D eigenvalue weighted by atomic mass is 10.1. The average Bonchev–Trinajstić information content (AvgIpc) is 2.66. The van der Waals surface area contributed by atoms with E-state index >= 15 is 0 Å². The van der Waals surface area contributed by atoms with Crippen molar-refractivity contribution in [3.05, 3.63) is 94.0 Å². The maximum atomic E-state index is 13.4. The van der Waals surface area contributed by atoms with Crippen LogP contribution in [0.5, 0.6) is 0 Å². The molecule has 3 aromatic rings. The minimum absolute atomic E-state index is 0.303. The summed E-state index contributed by atoms with van der Waals surface area (Å²) >= 11 is 3.44. The topological polar surface area (TPSA) is 49.4 Å². The molecule has 3 aromatic carbocycles. The number of fused-ring (bicyclic) bond motifs is 1. The molecule has 4 rings (SSSR count). The van der Waals surface area contributed by atoms with E-state index in [4.69, 9.17) is 0 Å². The molecule has 4 nitrogen and oxygen atoms in total. The number of para-hydroxylation sites is 1. The number of hydrogen-bond donors (Lipinski definition) is 1. The second-order valence-corrected chi connectivity index (χ2v) is 9.35. The Bertz CT molecular complexity index is 1080. The van der Waals surface area contributed by atoms with Crippen LogP contribution in [0.1, 0.15) is 22.9 Å². The Hall–Kier alpha value is -2.15. The SMILES string of the molecule is Cc1ccccc1CN1[C@H](c2ccc(Br)cc2)Nc2ccccc2S1(=O)=O. The lowest BCUT2D eigenvalue weighted by Gasteiger charge is -2.37. The minimum Gasteiger partial charge on any atom is -0.364 e. The zero-order chi connectivity index (χ0) is 19.0. The van der Waals surface area contributed by atoms with E-state index in [1.54, 1.807) is 16.4 Å². The quantitative estimate of drug-likeness (QED) is 0.615. The van der Waals surface area contributed by atoms with Crippen LogP contribution in [0.15, 0.2) is 82.2 Å². The summed E-state index contributed by atoms with van der Waals surface area (Å²) in [7, 11) is -3.65. The molecular formula is C21H19BrN2O2S. The Morgan fingerprint density at radius 1 is 0.963 bits per heavy atom. The highest BCUT2D eigenvalue weighted by molar-refractivity contribution is 9.10. The summed E-state index contributed by atoms with van der Waals surface area (Å²) in [4.78, 5) is 0.312. The van der Waals surface area contributed by atoms with Crippen molar-refractivity contribution in [3.63, 3.8) is 0 Å². The third kappa shape index (κ3) is 3.40. The number of halogens is 1. The first kappa shape index (κ1) is 18.2. The maximum Gasteiger partial charge on any atom is 0.247 e. The van der Waals surface area contributed by atoms with Crippen LogP contribution in [0.3, 0.4) is 0 Å². The van der Waals surface area contributed by atoms with E-state index in [1.807, 2.05) is 67.6 Å². The highest BCUT2D eigenvalue weighted by Gasteiger charge is 2.38. The summed E-state index contributed by atoms with van der Waals surface area (Å²) in [5, 5.41) is 3.41. The van der Waals surface area contributed by atoms with Crippen LogP contribution >= 0.6 is 15.9 Å². The largest absolute Gasteiger partial charge is 0.364 e. The van der Waals surface area contributed by atoms with Crippen LogP contribution in [-0.4, -0.2) is 12.7 Å². The predicted molar refractivity (Wildman–Crippen MR) is 111 cm³/mol. The molecule has 0 fully saturated rings. The Kier molecular flexibility index (Phi) is 4.80. The van der Waals surface area contributed by atoms with Gasteiger partial charge in [0.25, 0.3) is 0 Å². The second-order valence-electron chi connectivity index (χ2n) is 6.57. The molecule has 1 aliphatic heterocycles. The molecule has 0 unspecified atom stereocenters. The van der Waals surface area contributed by atoms with Gasteiger partial charge in [-0.1, -0.05) is 64.5 Å². The summed E-state index contributed by atoms with van der Waals surface area (Å²) in [5.74, 6) is 0. The summed E-state index contributed by atoms with van der Waals surface area (Å²) in [6.45, 7) is 2.30. The number of anilines is 1. The Balaban J connectivity index is 1.84. The molecule has 0 aromatic heterocycles. The van der Waals surface area contributed by atoms with E-state index in [0.29, 0.717) is 17.1 Å². The van der Waals surface area contributed by atoms with Gasteiger partial charge in [0.15, 0.2) is 0 Å². The van der Waals surface area contributed by atoms with E-state index in [0.717, 1.165) is 21.2 Å². The number of aryl methyl sites for hydroxylation is 1. The number of nitrogens with one attached hydrogen (secondary N) is 1. The van der Waals surface area contributed by atoms with Crippen LogP contribution in [0.25, 0.3) is 0 Å². The van der Waals surface area contributed by atoms with Gasteiger partial charge in [-0.15, -0.1) is 0 Å². The number of rotatable bonds is 3. The molecule has 1 aliphatic rings. The second kappa shape index (κ2) is 7.11. The van der Waals surface area contributed by atoms with Crippen LogP contribution in [0, 0.1) is 6.92 Å². The van der Waals surface area contributed by atoms with Gasteiger partial charge in [0.2, 0.25) is 10.0 Å². The molecule has 0 saturated carbocycles. The smallest absolute Gasteiger partial charge is 0.247 e. The van der Waals surface area contributed by atoms with E-state index in [2.05, 4.69) is 21.2 Å². The molecule has 0 amide bonds. The maximum absolute atomic E-state index is 13.4. The summed E-state index contributed by atoms with van der Waals surface area (Å²) in [6, 6.07) is 22.7. The van der Waals surface area contributed by atoms with Crippen LogP contribution in [-0.2, 0) is 16.6 Å². The molecule has 0 aliphatic carbocycles. The molecule has 0 saturated heterocycles. The van der Waals surface area contributed by atoms with Gasteiger partial charge >= 0.3 is 0 Å². The molecule has 1 heterocycles. The van der Waals surface area contributed by atoms with Crippen molar-refractivity contribution in [1.29, 1.82) is 0 Å². The predicted octanol–water partition coefficient (Wildman–Crippen LogP) is 5.07. The van der Waals surface area contributed by atoms with E-state index in [1.165, 1.54) is 0 Å². The minimum atomic E-state index is -3.65. The molecule has 1 N–H and O–H groups in total. The molecule has 27 heavy (non-hydrogen) atoms. The van der Waals surface area contributed by atoms with Crippen molar-refractivity contribution in [2.75, 3.05) is 5.32 Å². The molecule has 0 bridgehead atoms. The first-order valence-electron chi connectivity index (χ1n) is 8.64.